The Morgan fingerprint density at radius 2 is 2.00 bits per heavy atom. The number of nitrogens with one attached hydrogen (secondary N) is 1. The number of nitrogens with zero attached hydrogens (tertiary/aromatic N) is 3. The molecule has 0 bridgehead atoms. The van der Waals surface area contributed by atoms with Gasteiger partial charge in [-0.1, -0.05) is 65.6 Å². The summed E-state index contributed by atoms with van der Waals surface area (Å²) in [6, 6.07) is 17.5. The van der Waals surface area contributed by atoms with Crippen LogP contribution in [0, 0.1) is 0 Å². The zero-order valence-corrected chi connectivity index (χ0v) is 17.0. The van der Waals surface area contributed by atoms with Crippen LogP contribution >= 0.6 is 23.1 Å². The number of carbonyl (C=O) groups excluding carboxylic acids is 1. The Balaban J connectivity index is 1.56. The molecule has 0 saturated carbocycles. The third-order valence-electron chi connectivity index (χ3n) is 4.34. The van der Waals surface area contributed by atoms with Crippen molar-refractivity contribution in [3.63, 3.8) is 0 Å². The molecule has 0 radical (unpaired) electrons. The van der Waals surface area contributed by atoms with Gasteiger partial charge in [0.25, 0.3) is 0 Å². The molecule has 1 aliphatic rings. The van der Waals surface area contributed by atoms with E-state index >= 15 is 0 Å². The molecule has 1 aromatic heterocycles. The maximum absolute atomic E-state index is 13.2. The van der Waals surface area contributed by atoms with E-state index in [-0.39, 0.29) is 11.9 Å². The van der Waals surface area contributed by atoms with E-state index in [9.17, 15) is 4.79 Å². The quantitative estimate of drug-likeness (QED) is 0.611. The minimum atomic E-state index is -0.157. The highest BCUT2D eigenvalue weighted by Crippen LogP contribution is 2.40. The molecule has 6 nitrogen and oxygen atoms in total. The minimum Gasteiger partial charge on any atom is -0.489 e. The first-order valence-electron chi connectivity index (χ1n) is 9.05. The van der Waals surface area contributed by atoms with Gasteiger partial charge in [0.2, 0.25) is 11.0 Å². The summed E-state index contributed by atoms with van der Waals surface area (Å²) in [7, 11) is 0. The molecule has 4 rings (SSSR count). The summed E-state index contributed by atoms with van der Waals surface area (Å²) in [5.74, 6) is 1.05. The van der Waals surface area contributed by atoms with Crippen molar-refractivity contribution in [3.8, 4) is 5.75 Å². The summed E-state index contributed by atoms with van der Waals surface area (Å²) in [6.45, 7) is 3.24. The smallest absolute Gasteiger partial charge is 0.238 e. The van der Waals surface area contributed by atoms with Crippen molar-refractivity contribution in [1.29, 1.82) is 0 Å². The van der Waals surface area contributed by atoms with Crippen molar-refractivity contribution in [2.24, 2.45) is 0 Å². The molecule has 2 aromatic carbocycles. The summed E-state index contributed by atoms with van der Waals surface area (Å²) < 4.78 is 6.71. The Hall–Kier alpha value is -2.58. The number of fused-ring (bicyclic) bond motifs is 1. The van der Waals surface area contributed by atoms with Crippen molar-refractivity contribution in [2.75, 3.05) is 29.1 Å². The van der Waals surface area contributed by atoms with Crippen LogP contribution in [0.1, 0.15) is 18.5 Å². The fourth-order valence-electron chi connectivity index (χ4n) is 3.10. The first kappa shape index (κ1) is 18.8. The average molecular weight is 413 g/mol. The second kappa shape index (κ2) is 8.62. The van der Waals surface area contributed by atoms with Crippen molar-refractivity contribution >= 4 is 39.8 Å². The van der Waals surface area contributed by atoms with E-state index in [1.54, 1.807) is 0 Å². The third-order valence-corrected chi connectivity index (χ3v) is 6.34. The second-order valence-electron chi connectivity index (χ2n) is 6.16. The van der Waals surface area contributed by atoms with Crippen LogP contribution < -0.4 is 15.0 Å². The lowest BCUT2D eigenvalue weighted by atomic mass is 10.0. The molecule has 3 aromatic rings. The molecule has 1 atom stereocenters. The lowest BCUT2D eigenvalue weighted by Crippen LogP contribution is -2.42. The molecule has 0 aliphatic carbocycles. The summed E-state index contributed by atoms with van der Waals surface area (Å²) in [6.07, 6.45) is 0. The van der Waals surface area contributed by atoms with Gasteiger partial charge in [-0.2, -0.15) is 0 Å². The molecule has 8 heteroatoms. The summed E-state index contributed by atoms with van der Waals surface area (Å²) in [5.41, 5.74) is 1.86. The maximum Gasteiger partial charge on any atom is 0.238 e. The van der Waals surface area contributed by atoms with Crippen molar-refractivity contribution < 1.29 is 9.53 Å². The number of thioether (sulfide) groups is 1. The Morgan fingerprint density at radius 3 is 2.82 bits per heavy atom. The molecular formula is C20H20N4O2S2. The number of hydrogen-bond acceptors (Lipinski definition) is 7. The lowest BCUT2D eigenvalue weighted by Gasteiger charge is -2.37. The predicted octanol–water partition coefficient (Wildman–Crippen LogP) is 4.23. The molecule has 1 aliphatic heterocycles. The van der Waals surface area contributed by atoms with E-state index in [0.717, 1.165) is 33.0 Å². The Bertz CT molecular complexity index is 948. The van der Waals surface area contributed by atoms with E-state index in [0.29, 0.717) is 12.4 Å². The summed E-state index contributed by atoms with van der Waals surface area (Å²) in [4.78, 5) is 15.1. The number of rotatable bonds is 6. The van der Waals surface area contributed by atoms with Gasteiger partial charge in [-0.25, -0.2) is 0 Å². The van der Waals surface area contributed by atoms with E-state index < -0.39 is 0 Å². The molecule has 2 heterocycles. The number of aromatic nitrogens is 2. The average Bonchev–Trinajstić information content (AvgIpc) is 3.19. The van der Waals surface area contributed by atoms with Gasteiger partial charge >= 0.3 is 0 Å². The van der Waals surface area contributed by atoms with Crippen LogP contribution in [0.3, 0.4) is 0 Å². The molecule has 0 saturated heterocycles. The Kier molecular flexibility index (Phi) is 5.78. The zero-order valence-electron chi connectivity index (χ0n) is 15.4. The highest BCUT2D eigenvalue weighted by atomic mass is 32.2. The summed E-state index contributed by atoms with van der Waals surface area (Å²) >= 11 is 2.88. The highest BCUT2D eigenvalue weighted by Gasteiger charge is 2.33. The number of amides is 1. The van der Waals surface area contributed by atoms with Gasteiger partial charge in [-0.3, -0.25) is 9.69 Å². The number of para-hydroxylation sites is 2. The Morgan fingerprint density at radius 1 is 1.21 bits per heavy atom. The van der Waals surface area contributed by atoms with Crippen molar-refractivity contribution in [3.05, 3.63) is 60.2 Å². The van der Waals surface area contributed by atoms with Crippen LogP contribution in [0.4, 0.5) is 10.8 Å². The van der Waals surface area contributed by atoms with Crippen LogP contribution in [0.15, 0.2) is 58.9 Å². The van der Waals surface area contributed by atoms with E-state index in [4.69, 9.17) is 4.74 Å². The van der Waals surface area contributed by atoms with Crippen molar-refractivity contribution in [2.45, 2.75) is 17.3 Å². The zero-order chi connectivity index (χ0) is 19.3. The van der Waals surface area contributed by atoms with E-state index in [2.05, 4.69) is 15.5 Å². The number of benzene rings is 2. The van der Waals surface area contributed by atoms with Crippen LogP contribution in [0.5, 0.6) is 5.75 Å². The van der Waals surface area contributed by atoms with Gasteiger partial charge in [0.15, 0.2) is 4.34 Å². The standard InChI is InChI=1S/C20H20N4O2S2/c1-2-21-19-22-23-20(28-19)27-13-18(25)24-15-10-6-7-11-17(15)26-12-16(24)14-8-4-3-5-9-14/h3-11,16H,2,12-13H2,1H3,(H,21,22)/t16-/m0/s1. The van der Waals surface area contributed by atoms with Gasteiger partial charge < -0.3 is 10.1 Å². The fraction of sp³-hybridized carbons (Fsp3) is 0.250. The molecule has 1 amide bonds. The molecule has 0 fully saturated rings. The predicted molar refractivity (Wildman–Crippen MR) is 113 cm³/mol. The molecule has 1 N–H and O–H groups in total. The molecular weight excluding hydrogens is 392 g/mol. The first-order valence-corrected chi connectivity index (χ1v) is 10.9. The van der Waals surface area contributed by atoms with Crippen LogP contribution in [-0.4, -0.2) is 35.0 Å². The number of anilines is 2. The molecule has 0 unspecified atom stereocenters. The Labute approximate surface area is 171 Å². The van der Waals surface area contributed by atoms with Gasteiger partial charge in [-0.05, 0) is 24.6 Å². The topological polar surface area (TPSA) is 67.4 Å². The van der Waals surface area contributed by atoms with Crippen molar-refractivity contribution in [1.82, 2.24) is 10.2 Å². The van der Waals surface area contributed by atoms with Gasteiger partial charge in [0, 0.05) is 6.54 Å². The monoisotopic (exact) mass is 412 g/mol. The van der Waals surface area contributed by atoms with E-state index in [1.807, 2.05) is 66.4 Å². The minimum absolute atomic E-state index is 0.0230. The van der Waals surface area contributed by atoms with Crippen LogP contribution in [0.25, 0.3) is 0 Å². The number of hydrogen-bond donors (Lipinski definition) is 1. The second-order valence-corrected chi connectivity index (χ2v) is 8.36. The molecule has 144 valence electrons. The van der Waals surface area contributed by atoms with Gasteiger partial charge in [-0.15, -0.1) is 10.2 Å². The van der Waals surface area contributed by atoms with Gasteiger partial charge in [0.1, 0.15) is 12.4 Å². The first-order chi connectivity index (χ1) is 13.8. The van der Waals surface area contributed by atoms with E-state index in [1.165, 1.54) is 23.1 Å². The van der Waals surface area contributed by atoms with Crippen LogP contribution in [0.2, 0.25) is 0 Å². The lowest BCUT2D eigenvalue weighted by molar-refractivity contribution is -0.117. The maximum atomic E-state index is 13.2. The number of ether oxygens (including phenoxy) is 1. The SMILES string of the molecule is CCNc1nnc(SCC(=O)N2c3ccccc3OC[C@H]2c2ccccc2)s1. The number of carbonyl (C=O) groups is 1. The van der Waals surface area contributed by atoms with Crippen LogP contribution in [-0.2, 0) is 4.79 Å². The fourth-order valence-corrected chi connectivity index (χ4v) is 4.78. The van der Waals surface area contributed by atoms with Gasteiger partial charge in [0.05, 0.1) is 17.5 Å². The third kappa shape index (κ3) is 3.98. The normalized spacial score (nSPS) is 15.6. The molecule has 28 heavy (non-hydrogen) atoms. The molecule has 0 spiro atoms. The largest absolute Gasteiger partial charge is 0.489 e. The summed E-state index contributed by atoms with van der Waals surface area (Å²) in [5, 5.41) is 12.1. The highest BCUT2D eigenvalue weighted by molar-refractivity contribution is 8.01.